The van der Waals surface area contributed by atoms with Crippen LogP contribution in [-0.2, 0) is 9.59 Å². The molecule has 0 aromatic heterocycles. The summed E-state index contributed by atoms with van der Waals surface area (Å²) < 4.78 is 0.863. The highest BCUT2D eigenvalue weighted by Gasteiger charge is 2.12. The highest BCUT2D eigenvalue weighted by atomic mass is 79.9. The van der Waals surface area contributed by atoms with Gasteiger partial charge in [0.1, 0.15) is 5.75 Å². The minimum absolute atomic E-state index is 0.0276. The number of nitrogens with one attached hydrogen (secondary N) is 2. The van der Waals surface area contributed by atoms with Crippen molar-refractivity contribution in [3.63, 3.8) is 0 Å². The van der Waals surface area contributed by atoms with Gasteiger partial charge in [0.2, 0.25) is 0 Å². The molecule has 2 aromatic carbocycles. The van der Waals surface area contributed by atoms with Gasteiger partial charge in [0.25, 0.3) is 0 Å². The molecular formula is C15H12BrN3O3. The standard InChI is InChI=1S/C15H12BrN3O3/c16-11-5-7-12(8-6-11)18-14(21)15(22)19-17-9-10-3-1-2-4-13(10)20/h1-9,20H,(H,18,21)(H,19,22)/b17-9+. The van der Waals surface area contributed by atoms with Crippen LogP contribution in [0.25, 0.3) is 0 Å². The lowest BCUT2D eigenvalue weighted by Gasteiger charge is -2.03. The molecule has 0 aliphatic rings. The number of nitrogens with zero attached hydrogens (tertiary/aromatic N) is 1. The number of rotatable bonds is 3. The van der Waals surface area contributed by atoms with E-state index in [9.17, 15) is 14.7 Å². The second-order valence-corrected chi connectivity index (χ2v) is 5.13. The number of anilines is 1. The Morgan fingerprint density at radius 1 is 1.05 bits per heavy atom. The summed E-state index contributed by atoms with van der Waals surface area (Å²) in [7, 11) is 0. The second-order valence-electron chi connectivity index (χ2n) is 4.22. The summed E-state index contributed by atoms with van der Waals surface area (Å²) in [4.78, 5) is 23.2. The zero-order chi connectivity index (χ0) is 15.9. The fraction of sp³-hybridized carbons (Fsp3) is 0. The van der Waals surface area contributed by atoms with Gasteiger partial charge >= 0.3 is 11.8 Å². The van der Waals surface area contributed by atoms with E-state index >= 15 is 0 Å². The predicted molar refractivity (Wildman–Crippen MR) is 86.6 cm³/mol. The van der Waals surface area contributed by atoms with Gasteiger partial charge in [-0.3, -0.25) is 9.59 Å². The molecule has 0 bridgehead atoms. The molecule has 2 aromatic rings. The van der Waals surface area contributed by atoms with Crippen LogP contribution < -0.4 is 10.7 Å². The zero-order valence-corrected chi connectivity index (χ0v) is 12.9. The number of carbonyl (C=O) groups is 2. The molecule has 2 rings (SSSR count). The highest BCUT2D eigenvalue weighted by Crippen LogP contribution is 2.14. The Bertz CT molecular complexity index is 714. The third-order valence-corrected chi connectivity index (χ3v) is 3.14. The lowest BCUT2D eigenvalue weighted by Crippen LogP contribution is -2.32. The van der Waals surface area contributed by atoms with E-state index in [1.54, 1.807) is 42.5 Å². The Labute approximate surface area is 135 Å². The normalized spacial score (nSPS) is 10.4. The van der Waals surface area contributed by atoms with Crippen molar-refractivity contribution in [2.75, 3.05) is 5.32 Å². The van der Waals surface area contributed by atoms with Crippen molar-refractivity contribution in [3.8, 4) is 5.75 Å². The minimum atomic E-state index is -0.908. The highest BCUT2D eigenvalue weighted by molar-refractivity contribution is 9.10. The average molecular weight is 362 g/mol. The van der Waals surface area contributed by atoms with Crippen LogP contribution in [0.4, 0.5) is 5.69 Å². The van der Waals surface area contributed by atoms with E-state index in [2.05, 4.69) is 31.8 Å². The fourth-order valence-corrected chi connectivity index (χ4v) is 1.79. The lowest BCUT2D eigenvalue weighted by molar-refractivity contribution is -0.136. The molecule has 0 radical (unpaired) electrons. The van der Waals surface area contributed by atoms with Crippen LogP contribution in [0.5, 0.6) is 5.75 Å². The monoisotopic (exact) mass is 361 g/mol. The maximum absolute atomic E-state index is 11.6. The van der Waals surface area contributed by atoms with Crippen LogP contribution in [0.1, 0.15) is 5.56 Å². The van der Waals surface area contributed by atoms with E-state index in [0.717, 1.165) is 4.47 Å². The van der Waals surface area contributed by atoms with Gasteiger partial charge in [-0.2, -0.15) is 5.10 Å². The van der Waals surface area contributed by atoms with E-state index in [1.165, 1.54) is 12.3 Å². The van der Waals surface area contributed by atoms with Gasteiger partial charge in [0, 0.05) is 15.7 Å². The first-order valence-corrected chi connectivity index (χ1v) is 7.03. The van der Waals surface area contributed by atoms with Crippen LogP contribution >= 0.6 is 15.9 Å². The number of hydrogen-bond donors (Lipinski definition) is 3. The molecule has 112 valence electrons. The molecule has 6 nitrogen and oxygen atoms in total. The number of halogens is 1. The number of hydrazone groups is 1. The number of phenols is 1. The molecule has 0 aliphatic carbocycles. The van der Waals surface area contributed by atoms with Gasteiger partial charge in [-0.15, -0.1) is 0 Å². The molecule has 7 heteroatoms. The summed E-state index contributed by atoms with van der Waals surface area (Å²) in [5.41, 5.74) is 3.01. The molecule has 3 N–H and O–H groups in total. The smallest absolute Gasteiger partial charge is 0.329 e. The van der Waals surface area contributed by atoms with Crippen molar-refractivity contribution < 1.29 is 14.7 Å². The van der Waals surface area contributed by atoms with Gasteiger partial charge in [-0.25, -0.2) is 5.43 Å². The van der Waals surface area contributed by atoms with Gasteiger partial charge < -0.3 is 10.4 Å². The molecule has 0 fully saturated rings. The van der Waals surface area contributed by atoms with Crippen molar-refractivity contribution in [2.45, 2.75) is 0 Å². The van der Waals surface area contributed by atoms with Crippen molar-refractivity contribution in [1.82, 2.24) is 5.43 Å². The number of aromatic hydroxyl groups is 1. The lowest BCUT2D eigenvalue weighted by atomic mass is 10.2. The van der Waals surface area contributed by atoms with Crippen LogP contribution in [0.3, 0.4) is 0 Å². The van der Waals surface area contributed by atoms with Crippen LogP contribution in [0, 0.1) is 0 Å². The largest absolute Gasteiger partial charge is 0.507 e. The number of benzene rings is 2. The van der Waals surface area contributed by atoms with Crippen molar-refractivity contribution in [3.05, 3.63) is 58.6 Å². The molecule has 0 heterocycles. The van der Waals surface area contributed by atoms with E-state index in [0.29, 0.717) is 11.3 Å². The topological polar surface area (TPSA) is 90.8 Å². The van der Waals surface area contributed by atoms with Crippen LogP contribution in [0.2, 0.25) is 0 Å². The van der Waals surface area contributed by atoms with E-state index in [1.807, 2.05) is 0 Å². The van der Waals surface area contributed by atoms with Gasteiger partial charge in [-0.1, -0.05) is 28.1 Å². The van der Waals surface area contributed by atoms with Crippen LogP contribution in [-0.4, -0.2) is 23.1 Å². The maximum atomic E-state index is 11.6. The second kappa shape index (κ2) is 7.37. The molecule has 0 aliphatic heterocycles. The van der Waals surface area contributed by atoms with E-state index in [-0.39, 0.29) is 5.75 Å². The first kappa shape index (κ1) is 15.7. The van der Waals surface area contributed by atoms with Crippen molar-refractivity contribution in [2.24, 2.45) is 5.10 Å². The molecule has 0 atom stereocenters. The Morgan fingerprint density at radius 2 is 1.73 bits per heavy atom. The molecule has 0 spiro atoms. The van der Waals surface area contributed by atoms with E-state index in [4.69, 9.17) is 0 Å². The minimum Gasteiger partial charge on any atom is -0.507 e. The summed E-state index contributed by atoms with van der Waals surface area (Å²) in [6, 6.07) is 13.3. The van der Waals surface area contributed by atoms with Crippen molar-refractivity contribution in [1.29, 1.82) is 0 Å². The predicted octanol–water partition coefficient (Wildman–Crippen LogP) is 2.24. The summed E-state index contributed by atoms with van der Waals surface area (Å²) >= 11 is 3.27. The summed E-state index contributed by atoms with van der Waals surface area (Å²) in [6.07, 6.45) is 1.25. The number of phenolic OH excluding ortho intramolecular Hbond substituents is 1. The fourth-order valence-electron chi connectivity index (χ4n) is 1.53. The third-order valence-electron chi connectivity index (χ3n) is 2.61. The van der Waals surface area contributed by atoms with Gasteiger partial charge in [0.15, 0.2) is 0 Å². The number of hydrogen-bond acceptors (Lipinski definition) is 4. The van der Waals surface area contributed by atoms with Gasteiger partial charge in [0.05, 0.1) is 6.21 Å². The molecule has 2 amide bonds. The molecule has 0 saturated heterocycles. The average Bonchev–Trinajstić information content (AvgIpc) is 2.51. The first-order valence-electron chi connectivity index (χ1n) is 6.24. The maximum Gasteiger partial charge on any atom is 0.329 e. The number of amides is 2. The summed E-state index contributed by atoms with van der Waals surface area (Å²) in [6.45, 7) is 0. The molecule has 0 saturated carbocycles. The van der Waals surface area contributed by atoms with Crippen LogP contribution in [0.15, 0.2) is 58.1 Å². The quantitative estimate of drug-likeness (QED) is 0.444. The Balaban J connectivity index is 1.90. The number of carbonyl (C=O) groups excluding carboxylic acids is 2. The first-order chi connectivity index (χ1) is 10.6. The SMILES string of the molecule is O=C(N/N=C/c1ccccc1O)C(=O)Nc1ccc(Br)cc1. The Kier molecular flexibility index (Phi) is 5.26. The molecule has 22 heavy (non-hydrogen) atoms. The third kappa shape index (κ3) is 4.42. The summed E-state index contributed by atoms with van der Waals surface area (Å²) in [5, 5.41) is 15.6. The summed E-state index contributed by atoms with van der Waals surface area (Å²) in [5.74, 6) is -1.72. The van der Waals surface area contributed by atoms with E-state index < -0.39 is 11.8 Å². The van der Waals surface area contributed by atoms with Crippen molar-refractivity contribution >= 4 is 39.6 Å². The zero-order valence-electron chi connectivity index (χ0n) is 11.3. The number of para-hydroxylation sites is 1. The van der Waals surface area contributed by atoms with Gasteiger partial charge in [-0.05, 0) is 36.4 Å². The molecule has 0 unspecified atom stereocenters. The Hall–Kier alpha value is -2.67. The molecular weight excluding hydrogens is 350 g/mol. The Morgan fingerprint density at radius 3 is 2.41 bits per heavy atom.